The highest BCUT2D eigenvalue weighted by molar-refractivity contribution is 9.10. The second-order valence-electron chi connectivity index (χ2n) is 5.49. The Morgan fingerprint density at radius 3 is 2.68 bits per heavy atom. The minimum atomic E-state index is -0.167. The maximum absolute atomic E-state index is 12.1. The number of nitrogens with zero attached hydrogens (tertiary/aromatic N) is 2. The number of ether oxygens (including phenoxy) is 1. The van der Waals surface area contributed by atoms with Crippen molar-refractivity contribution in [3.05, 3.63) is 76.8 Å². The van der Waals surface area contributed by atoms with E-state index in [0.29, 0.717) is 12.3 Å². The molecule has 25 heavy (non-hydrogen) atoms. The molecule has 0 saturated heterocycles. The van der Waals surface area contributed by atoms with E-state index in [4.69, 9.17) is 4.74 Å². The van der Waals surface area contributed by atoms with Crippen LogP contribution in [0.4, 0.5) is 0 Å². The van der Waals surface area contributed by atoms with Gasteiger partial charge in [-0.15, -0.1) is 0 Å². The van der Waals surface area contributed by atoms with Crippen LogP contribution in [-0.2, 0) is 11.3 Å². The van der Waals surface area contributed by atoms with Gasteiger partial charge in [0.25, 0.3) is 5.91 Å². The zero-order valence-corrected chi connectivity index (χ0v) is 15.4. The lowest BCUT2D eigenvalue weighted by Gasteiger charge is -2.13. The molecule has 0 aliphatic rings. The van der Waals surface area contributed by atoms with E-state index in [1.54, 1.807) is 6.20 Å². The van der Waals surface area contributed by atoms with Crippen LogP contribution >= 0.6 is 15.9 Å². The minimum Gasteiger partial charge on any atom is -0.484 e. The van der Waals surface area contributed by atoms with Crippen LogP contribution in [0.5, 0.6) is 5.75 Å². The molecule has 0 spiro atoms. The zero-order valence-electron chi connectivity index (χ0n) is 13.8. The molecule has 0 radical (unpaired) electrons. The molecule has 0 aliphatic heterocycles. The van der Waals surface area contributed by atoms with Gasteiger partial charge >= 0.3 is 0 Å². The third-order valence-electron chi connectivity index (χ3n) is 3.74. The molecule has 1 heterocycles. The molecule has 1 amide bonds. The van der Waals surface area contributed by atoms with Crippen LogP contribution in [0, 0.1) is 6.92 Å². The first-order valence-electron chi connectivity index (χ1n) is 7.87. The topological polar surface area (TPSA) is 56.2 Å². The van der Waals surface area contributed by atoms with Gasteiger partial charge in [-0.05, 0) is 42.8 Å². The van der Waals surface area contributed by atoms with Crippen molar-refractivity contribution >= 4 is 21.8 Å². The number of imidazole rings is 1. The lowest BCUT2D eigenvalue weighted by Crippen LogP contribution is -2.28. The number of para-hydroxylation sites is 1. The van der Waals surface area contributed by atoms with E-state index in [1.807, 2.05) is 66.2 Å². The van der Waals surface area contributed by atoms with Crippen molar-refractivity contribution in [3.63, 3.8) is 0 Å². The Morgan fingerprint density at radius 1 is 1.20 bits per heavy atom. The van der Waals surface area contributed by atoms with Gasteiger partial charge in [0.2, 0.25) is 0 Å². The van der Waals surface area contributed by atoms with E-state index in [9.17, 15) is 4.79 Å². The number of aryl methyl sites for hydroxylation is 1. The van der Waals surface area contributed by atoms with Crippen molar-refractivity contribution in [1.29, 1.82) is 0 Å². The van der Waals surface area contributed by atoms with Gasteiger partial charge < -0.3 is 14.6 Å². The highest BCUT2D eigenvalue weighted by Crippen LogP contribution is 2.17. The Bertz CT molecular complexity index is 859. The number of aromatic nitrogens is 2. The third kappa shape index (κ3) is 4.48. The number of hydrogen-bond donors (Lipinski definition) is 1. The number of amides is 1. The van der Waals surface area contributed by atoms with Crippen LogP contribution in [0.2, 0.25) is 0 Å². The largest absolute Gasteiger partial charge is 0.484 e. The summed E-state index contributed by atoms with van der Waals surface area (Å²) >= 11 is 3.36. The van der Waals surface area contributed by atoms with Crippen molar-refractivity contribution in [2.24, 2.45) is 0 Å². The number of rotatable bonds is 6. The second-order valence-corrected chi connectivity index (χ2v) is 6.41. The average Bonchev–Trinajstić information content (AvgIpc) is 3.05. The van der Waals surface area contributed by atoms with Gasteiger partial charge in [-0.3, -0.25) is 4.79 Å². The maximum atomic E-state index is 12.1. The molecule has 0 atom stereocenters. The van der Waals surface area contributed by atoms with Gasteiger partial charge in [0.15, 0.2) is 6.61 Å². The standard InChI is InChI=1S/C19H18BrN3O2/c1-14-21-10-11-23(14)18-5-3-2-4-15(18)12-22-19(24)13-25-17-8-6-16(20)7-9-17/h2-11H,12-13H2,1H3,(H,22,24). The molecule has 1 aromatic heterocycles. The van der Waals surface area contributed by atoms with E-state index in [2.05, 4.69) is 26.2 Å². The molecule has 2 aromatic carbocycles. The van der Waals surface area contributed by atoms with Crippen molar-refractivity contribution in [2.75, 3.05) is 6.61 Å². The van der Waals surface area contributed by atoms with E-state index in [0.717, 1.165) is 21.5 Å². The molecular weight excluding hydrogens is 382 g/mol. The summed E-state index contributed by atoms with van der Waals surface area (Å²) in [6.07, 6.45) is 3.67. The highest BCUT2D eigenvalue weighted by atomic mass is 79.9. The Balaban J connectivity index is 1.59. The molecule has 3 rings (SSSR count). The summed E-state index contributed by atoms with van der Waals surface area (Å²) in [5.41, 5.74) is 2.02. The monoisotopic (exact) mass is 399 g/mol. The summed E-state index contributed by atoms with van der Waals surface area (Å²) in [5.74, 6) is 1.39. The average molecular weight is 400 g/mol. The van der Waals surface area contributed by atoms with Crippen LogP contribution < -0.4 is 10.1 Å². The molecule has 0 bridgehead atoms. The predicted molar refractivity (Wildman–Crippen MR) is 99.8 cm³/mol. The van der Waals surface area contributed by atoms with E-state index < -0.39 is 0 Å². The molecule has 6 heteroatoms. The molecule has 0 unspecified atom stereocenters. The Morgan fingerprint density at radius 2 is 1.96 bits per heavy atom. The van der Waals surface area contributed by atoms with Crippen LogP contribution in [0.1, 0.15) is 11.4 Å². The number of carbonyl (C=O) groups is 1. The molecule has 5 nitrogen and oxygen atoms in total. The number of hydrogen-bond acceptors (Lipinski definition) is 3. The first kappa shape index (κ1) is 17.2. The zero-order chi connectivity index (χ0) is 17.6. The molecule has 128 valence electrons. The van der Waals surface area contributed by atoms with Crippen molar-refractivity contribution in [3.8, 4) is 11.4 Å². The minimum absolute atomic E-state index is 0.0199. The molecular formula is C19H18BrN3O2. The summed E-state index contributed by atoms with van der Waals surface area (Å²) in [7, 11) is 0. The predicted octanol–water partition coefficient (Wildman–Crippen LogP) is 3.64. The second kappa shape index (κ2) is 7.98. The Labute approximate surface area is 154 Å². The smallest absolute Gasteiger partial charge is 0.258 e. The van der Waals surface area contributed by atoms with Crippen molar-refractivity contribution < 1.29 is 9.53 Å². The summed E-state index contributed by atoms with van der Waals surface area (Å²) < 4.78 is 8.45. The van der Waals surface area contributed by atoms with Gasteiger partial charge in [0.1, 0.15) is 11.6 Å². The lowest BCUT2D eigenvalue weighted by atomic mass is 10.1. The fraction of sp³-hybridized carbons (Fsp3) is 0.158. The fourth-order valence-electron chi connectivity index (χ4n) is 2.45. The van der Waals surface area contributed by atoms with Crippen LogP contribution in [0.15, 0.2) is 65.4 Å². The molecule has 1 N–H and O–H groups in total. The Kier molecular flexibility index (Phi) is 5.50. The number of benzene rings is 2. The van der Waals surface area contributed by atoms with Crippen LogP contribution in [-0.4, -0.2) is 22.1 Å². The highest BCUT2D eigenvalue weighted by Gasteiger charge is 2.08. The van der Waals surface area contributed by atoms with Crippen LogP contribution in [0.25, 0.3) is 5.69 Å². The number of carbonyl (C=O) groups excluding carboxylic acids is 1. The summed E-state index contributed by atoms with van der Waals surface area (Å²) in [5, 5.41) is 2.90. The van der Waals surface area contributed by atoms with E-state index in [-0.39, 0.29) is 12.5 Å². The van der Waals surface area contributed by atoms with Crippen molar-refractivity contribution in [2.45, 2.75) is 13.5 Å². The van der Waals surface area contributed by atoms with Crippen LogP contribution in [0.3, 0.4) is 0 Å². The van der Waals surface area contributed by atoms with Gasteiger partial charge in [-0.2, -0.15) is 0 Å². The Hall–Kier alpha value is -2.60. The molecule has 3 aromatic rings. The summed E-state index contributed by atoms with van der Waals surface area (Å²) in [6.45, 7) is 2.35. The SMILES string of the molecule is Cc1nccn1-c1ccccc1CNC(=O)COc1ccc(Br)cc1. The van der Waals surface area contributed by atoms with E-state index in [1.165, 1.54) is 0 Å². The number of nitrogens with one attached hydrogen (secondary N) is 1. The fourth-order valence-corrected chi connectivity index (χ4v) is 2.72. The van der Waals surface area contributed by atoms with Gasteiger partial charge in [-0.25, -0.2) is 4.98 Å². The summed E-state index contributed by atoms with van der Waals surface area (Å²) in [6, 6.07) is 15.3. The first-order chi connectivity index (χ1) is 12.1. The molecule has 0 fully saturated rings. The maximum Gasteiger partial charge on any atom is 0.258 e. The third-order valence-corrected chi connectivity index (χ3v) is 4.27. The van der Waals surface area contributed by atoms with E-state index >= 15 is 0 Å². The van der Waals surface area contributed by atoms with Crippen molar-refractivity contribution in [1.82, 2.24) is 14.9 Å². The van der Waals surface area contributed by atoms with Gasteiger partial charge in [0.05, 0.1) is 5.69 Å². The first-order valence-corrected chi connectivity index (χ1v) is 8.66. The quantitative estimate of drug-likeness (QED) is 0.688. The molecule has 0 saturated carbocycles. The number of halogens is 1. The lowest BCUT2D eigenvalue weighted by molar-refractivity contribution is -0.123. The van der Waals surface area contributed by atoms with Gasteiger partial charge in [0, 0.05) is 23.4 Å². The van der Waals surface area contributed by atoms with Gasteiger partial charge in [-0.1, -0.05) is 34.1 Å². The normalized spacial score (nSPS) is 10.5. The molecule has 0 aliphatic carbocycles. The summed E-state index contributed by atoms with van der Waals surface area (Å²) in [4.78, 5) is 16.3.